The molecular weight excluding hydrogens is 268 g/mol. The van der Waals surface area contributed by atoms with E-state index < -0.39 is 17.7 Å². The molecule has 18 heavy (non-hydrogen) atoms. The van der Waals surface area contributed by atoms with Gasteiger partial charge in [0.2, 0.25) is 0 Å². The van der Waals surface area contributed by atoms with E-state index in [0.29, 0.717) is 0 Å². The van der Waals surface area contributed by atoms with Crippen LogP contribution in [0.3, 0.4) is 0 Å². The van der Waals surface area contributed by atoms with Gasteiger partial charge in [-0.2, -0.15) is 8.78 Å². The molecule has 0 radical (unpaired) electrons. The van der Waals surface area contributed by atoms with E-state index in [1.807, 2.05) is 20.8 Å². The third-order valence-electron chi connectivity index (χ3n) is 2.70. The monoisotopic (exact) mass is 282 g/mol. The van der Waals surface area contributed by atoms with Crippen molar-refractivity contribution in [1.29, 1.82) is 0 Å². The van der Waals surface area contributed by atoms with Crippen molar-refractivity contribution in [3.8, 4) is 0 Å². The van der Waals surface area contributed by atoms with Crippen LogP contribution in [0.1, 0.15) is 37.3 Å². The third kappa shape index (κ3) is 3.16. The predicted molar refractivity (Wildman–Crippen MR) is 64.7 cm³/mol. The Morgan fingerprint density at radius 3 is 1.78 bits per heavy atom. The van der Waals surface area contributed by atoms with Gasteiger partial charge in [0.05, 0.1) is 0 Å². The van der Waals surface area contributed by atoms with E-state index in [-0.39, 0.29) is 11.0 Å². The molecule has 0 aliphatic rings. The predicted octanol–water partition coefficient (Wildman–Crippen LogP) is 5.16. The maximum absolute atomic E-state index is 13.1. The van der Waals surface area contributed by atoms with E-state index in [1.165, 1.54) is 12.1 Å². The van der Waals surface area contributed by atoms with Gasteiger partial charge in [0.1, 0.15) is 5.38 Å². The van der Waals surface area contributed by atoms with Crippen molar-refractivity contribution in [3.63, 3.8) is 0 Å². The van der Waals surface area contributed by atoms with E-state index in [0.717, 1.165) is 5.56 Å². The molecule has 0 bridgehead atoms. The number of alkyl halides is 5. The molecule has 102 valence electrons. The Kier molecular flexibility index (Phi) is 4.31. The minimum absolute atomic E-state index is 0.00466. The molecule has 0 nitrogen and oxygen atoms in total. The summed E-state index contributed by atoms with van der Waals surface area (Å²) in [5.74, 6) is -4.23. The van der Waals surface area contributed by atoms with Gasteiger partial charge in [-0.25, -0.2) is 8.78 Å². The Balaban J connectivity index is 2.99. The summed E-state index contributed by atoms with van der Waals surface area (Å²) in [4.78, 5) is 0. The van der Waals surface area contributed by atoms with Gasteiger partial charge < -0.3 is 0 Å². The normalized spacial score (nSPS) is 14.9. The first kappa shape index (κ1) is 15.3. The van der Waals surface area contributed by atoms with Crippen molar-refractivity contribution in [2.24, 2.45) is 0 Å². The van der Waals surface area contributed by atoms with Gasteiger partial charge in [0.25, 0.3) is 0 Å². The molecule has 1 unspecified atom stereocenters. The first-order valence-corrected chi connectivity index (χ1v) is 5.91. The maximum atomic E-state index is 13.1. The van der Waals surface area contributed by atoms with Gasteiger partial charge in [-0.1, -0.05) is 45.0 Å². The molecule has 0 saturated carbocycles. The average Bonchev–Trinajstić information content (AvgIpc) is 2.26. The summed E-state index contributed by atoms with van der Waals surface area (Å²) < 4.78 is 50.5. The quantitative estimate of drug-likeness (QED) is 0.530. The lowest BCUT2D eigenvalue weighted by Crippen LogP contribution is -2.31. The van der Waals surface area contributed by atoms with Crippen LogP contribution in [-0.4, -0.2) is 12.3 Å². The molecule has 0 amide bonds. The van der Waals surface area contributed by atoms with E-state index in [1.54, 1.807) is 12.1 Å². The second-order valence-electron chi connectivity index (χ2n) is 5.21. The lowest BCUT2D eigenvalue weighted by molar-refractivity contribution is -0.130. The summed E-state index contributed by atoms with van der Waals surface area (Å²) in [5, 5.41) is -2.02. The fraction of sp³-hybridized carbons (Fsp3) is 0.538. The van der Waals surface area contributed by atoms with E-state index in [4.69, 9.17) is 11.6 Å². The first-order chi connectivity index (χ1) is 8.06. The number of rotatable bonds is 3. The van der Waals surface area contributed by atoms with E-state index >= 15 is 0 Å². The Hall–Kier alpha value is -0.770. The lowest BCUT2D eigenvalue weighted by atomic mass is 9.86. The van der Waals surface area contributed by atoms with Crippen LogP contribution in [0.5, 0.6) is 0 Å². The fourth-order valence-electron chi connectivity index (χ4n) is 1.48. The SMILES string of the molecule is CC(C)(C)c1ccc(C(Cl)C(F)(F)C(F)F)cc1. The minimum Gasteiger partial charge on any atom is -0.204 e. The van der Waals surface area contributed by atoms with Crippen LogP contribution in [0.4, 0.5) is 17.6 Å². The van der Waals surface area contributed by atoms with Gasteiger partial charge >= 0.3 is 12.3 Å². The van der Waals surface area contributed by atoms with Crippen LogP contribution >= 0.6 is 11.6 Å². The average molecular weight is 283 g/mol. The van der Waals surface area contributed by atoms with Gasteiger partial charge in [0.15, 0.2) is 0 Å². The van der Waals surface area contributed by atoms with Crippen LogP contribution in [0.25, 0.3) is 0 Å². The van der Waals surface area contributed by atoms with Gasteiger partial charge in [-0.05, 0) is 16.5 Å². The smallest absolute Gasteiger partial charge is 0.204 e. The molecule has 5 heteroatoms. The van der Waals surface area contributed by atoms with Crippen molar-refractivity contribution in [2.45, 2.75) is 43.9 Å². The molecule has 1 aromatic rings. The third-order valence-corrected chi connectivity index (χ3v) is 3.24. The first-order valence-electron chi connectivity index (χ1n) is 5.47. The van der Waals surface area contributed by atoms with Gasteiger partial charge in [-0.15, -0.1) is 11.6 Å². The molecule has 0 aliphatic heterocycles. The molecule has 0 aromatic heterocycles. The molecule has 0 N–H and O–H groups in total. The summed E-state index contributed by atoms with van der Waals surface area (Å²) in [6.07, 6.45) is -3.78. The van der Waals surface area contributed by atoms with Crippen molar-refractivity contribution in [1.82, 2.24) is 0 Å². The molecule has 1 rings (SSSR count). The van der Waals surface area contributed by atoms with E-state index in [2.05, 4.69) is 0 Å². The Morgan fingerprint density at radius 2 is 1.44 bits per heavy atom. The molecule has 0 fully saturated rings. The number of hydrogen-bond acceptors (Lipinski definition) is 0. The van der Waals surface area contributed by atoms with Crippen molar-refractivity contribution in [3.05, 3.63) is 35.4 Å². The summed E-state index contributed by atoms with van der Waals surface area (Å²) in [6.45, 7) is 5.90. The number of halogens is 5. The van der Waals surface area contributed by atoms with Crippen LogP contribution in [0.2, 0.25) is 0 Å². The number of benzene rings is 1. The molecule has 0 heterocycles. The zero-order valence-corrected chi connectivity index (χ0v) is 11.1. The topological polar surface area (TPSA) is 0 Å². The second kappa shape index (κ2) is 5.08. The summed E-state index contributed by atoms with van der Waals surface area (Å²) >= 11 is 5.43. The fourth-order valence-corrected chi connectivity index (χ4v) is 1.73. The Labute approximate surface area is 109 Å². The minimum atomic E-state index is -4.23. The van der Waals surface area contributed by atoms with Crippen LogP contribution in [0.15, 0.2) is 24.3 Å². The van der Waals surface area contributed by atoms with E-state index in [9.17, 15) is 17.6 Å². The van der Waals surface area contributed by atoms with Crippen molar-refractivity contribution in [2.75, 3.05) is 0 Å². The number of hydrogen-bond donors (Lipinski definition) is 0. The largest absolute Gasteiger partial charge is 0.327 e. The molecule has 0 spiro atoms. The second-order valence-corrected chi connectivity index (χ2v) is 5.65. The van der Waals surface area contributed by atoms with Gasteiger partial charge in [0, 0.05) is 0 Å². The molecule has 1 aromatic carbocycles. The van der Waals surface area contributed by atoms with Crippen molar-refractivity contribution < 1.29 is 17.6 Å². The Morgan fingerprint density at radius 1 is 1.00 bits per heavy atom. The maximum Gasteiger partial charge on any atom is 0.327 e. The van der Waals surface area contributed by atoms with Crippen LogP contribution < -0.4 is 0 Å². The van der Waals surface area contributed by atoms with Crippen LogP contribution in [0, 0.1) is 0 Å². The summed E-state index contributed by atoms with van der Waals surface area (Å²) in [6, 6.07) is 6.00. The van der Waals surface area contributed by atoms with Crippen molar-refractivity contribution >= 4 is 11.6 Å². The van der Waals surface area contributed by atoms with Crippen LogP contribution in [-0.2, 0) is 5.41 Å². The summed E-state index contributed by atoms with van der Waals surface area (Å²) in [7, 11) is 0. The zero-order chi connectivity index (χ0) is 14.1. The molecular formula is C13H15ClF4. The highest BCUT2D eigenvalue weighted by molar-refractivity contribution is 6.21. The summed E-state index contributed by atoms with van der Waals surface area (Å²) in [5.41, 5.74) is 0.788. The molecule has 1 atom stereocenters. The highest BCUT2D eigenvalue weighted by atomic mass is 35.5. The highest BCUT2D eigenvalue weighted by Crippen LogP contribution is 2.41. The molecule has 0 saturated heterocycles. The van der Waals surface area contributed by atoms with Gasteiger partial charge in [-0.3, -0.25) is 0 Å². The lowest BCUT2D eigenvalue weighted by Gasteiger charge is -2.23. The standard InChI is InChI=1S/C13H15ClF4/c1-12(2,3)9-6-4-8(5-7-9)10(14)13(17,18)11(15)16/h4-7,10-11H,1-3H3. The zero-order valence-electron chi connectivity index (χ0n) is 10.4. The Bertz CT molecular complexity index is 392. The highest BCUT2D eigenvalue weighted by Gasteiger charge is 2.48. The molecule has 0 aliphatic carbocycles.